The molecule has 30 heavy (non-hydrogen) atoms. The van der Waals surface area contributed by atoms with Crippen molar-refractivity contribution in [1.82, 2.24) is 9.80 Å². The number of carbonyl (C=O) groups is 2. The third kappa shape index (κ3) is 5.48. The molecule has 2 fully saturated rings. The third-order valence-electron chi connectivity index (χ3n) is 6.11. The second-order valence-corrected chi connectivity index (χ2v) is 8.52. The van der Waals surface area contributed by atoms with Gasteiger partial charge >= 0.3 is 0 Å². The van der Waals surface area contributed by atoms with Gasteiger partial charge in [-0.25, -0.2) is 0 Å². The Bertz CT molecular complexity index is 868. The molecule has 0 saturated carbocycles. The van der Waals surface area contributed by atoms with E-state index >= 15 is 0 Å². The van der Waals surface area contributed by atoms with E-state index in [0.717, 1.165) is 63.1 Å². The molecule has 2 aliphatic heterocycles. The second kappa shape index (κ2) is 9.90. The van der Waals surface area contributed by atoms with Crippen molar-refractivity contribution in [2.45, 2.75) is 45.2 Å². The van der Waals surface area contributed by atoms with Crippen molar-refractivity contribution >= 4 is 17.5 Å². The van der Waals surface area contributed by atoms with E-state index in [2.05, 4.69) is 34.5 Å². The van der Waals surface area contributed by atoms with Crippen molar-refractivity contribution in [3.8, 4) is 0 Å². The lowest BCUT2D eigenvalue weighted by atomic mass is 9.96. The van der Waals surface area contributed by atoms with Gasteiger partial charge in [0.1, 0.15) is 0 Å². The number of benzene rings is 2. The number of hydrogen-bond acceptors (Lipinski definition) is 3. The first kappa shape index (κ1) is 20.6. The molecule has 0 bridgehead atoms. The molecule has 4 rings (SSSR count). The highest BCUT2D eigenvalue weighted by molar-refractivity contribution is 5.92. The first-order valence-corrected chi connectivity index (χ1v) is 11.1. The summed E-state index contributed by atoms with van der Waals surface area (Å²) in [4.78, 5) is 29.3. The first-order chi connectivity index (χ1) is 14.7. The Morgan fingerprint density at radius 2 is 1.77 bits per heavy atom. The summed E-state index contributed by atoms with van der Waals surface area (Å²) < 4.78 is 0. The normalized spacial score (nSPS) is 20.2. The number of carbonyl (C=O) groups excluding carboxylic acids is 2. The van der Waals surface area contributed by atoms with Crippen LogP contribution in [0.4, 0.5) is 5.69 Å². The Morgan fingerprint density at radius 1 is 0.933 bits per heavy atom. The Balaban J connectivity index is 1.33. The second-order valence-electron chi connectivity index (χ2n) is 8.52. The van der Waals surface area contributed by atoms with E-state index in [-0.39, 0.29) is 17.7 Å². The van der Waals surface area contributed by atoms with Gasteiger partial charge in [0.25, 0.3) is 0 Å². The van der Waals surface area contributed by atoms with Crippen LogP contribution in [0.1, 0.15) is 43.2 Å². The van der Waals surface area contributed by atoms with Crippen molar-refractivity contribution in [1.29, 1.82) is 0 Å². The van der Waals surface area contributed by atoms with Crippen molar-refractivity contribution < 1.29 is 9.59 Å². The standard InChI is InChI=1S/C25H31N3O2/c29-24-13-4-5-15-28(24)18-21-10-6-12-23(16-21)26-25(30)22-11-7-14-27(19-22)17-20-8-2-1-3-9-20/h1-3,6,8-10,12,16,22H,4-5,7,11,13-15,17-19H2,(H,26,30). The van der Waals surface area contributed by atoms with Gasteiger partial charge in [-0.3, -0.25) is 14.5 Å². The van der Waals surface area contributed by atoms with Crippen LogP contribution in [0.15, 0.2) is 54.6 Å². The summed E-state index contributed by atoms with van der Waals surface area (Å²) in [5.41, 5.74) is 3.18. The van der Waals surface area contributed by atoms with E-state index in [1.807, 2.05) is 35.2 Å². The SMILES string of the molecule is O=C(Nc1cccc(CN2CCCCC2=O)c1)C1CCCN(Cc2ccccc2)C1. The molecule has 2 heterocycles. The number of rotatable bonds is 6. The molecule has 2 aliphatic rings. The number of nitrogens with one attached hydrogen (secondary N) is 1. The fourth-order valence-electron chi connectivity index (χ4n) is 4.50. The summed E-state index contributed by atoms with van der Waals surface area (Å²) in [6, 6.07) is 18.4. The van der Waals surface area contributed by atoms with Crippen LogP contribution in [0.2, 0.25) is 0 Å². The molecule has 0 spiro atoms. The summed E-state index contributed by atoms with van der Waals surface area (Å²) in [5.74, 6) is 0.338. The summed E-state index contributed by atoms with van der Waals surface area (Å²) in [6.45, 7) is 4.18. The van der Waals surface area contributed by atoms with Gasteiger partial charge in [0.15, 0.2) is 0 Å². The highest BCUT2D eigenvalue weighted by Crippen LogP contribution is 2.22. The Hall–Kier alpha value is -2.66. The van der Waals surface area contributed by atoms with E-state index in [4.69, 9.17) is 0 Å². The molecule has 5 heteroatoms. The van der Waals surface area contributed by atoms with Gasteiger partial charge in [0.05, 0.1) is 5.92 Å². The Morgan fingerprint density at radius 3 is 2.60 bits per heavy atom. The van der Waals surface area contributed by atoms with Crippen LogP contribution in [0.3, 0.4) is 0 Å². The fraction of sp³-hybridized carbons (Fsp3) is 0.440. The quantitative estimate of drug-likeness (QED) is 0.789. The van der Waals surface area contributed by atoms with Gasteiger partial charge in [-0.1, -0.05) is 42.5 Å². The molecule has 0 aliphatic carbocycles. The van der Waals surface area contributed by atoms with Gasteiger partial charge in [-0.15, -0.1) is 0 Å². The molecule has 2 aromatic rings. The molecule has 2 aromatic carbocycles. The maximum atomic E-state index is 12.9. The van der Waals surface area contributed by atoms with E-state index in [1.165, 1.54) is 5.56 Å². The van der Waals surface area contributed by atoms with E-state index in [1.54, 1.807) is 0 Å². The average molecular weight is 406 g/mol. The fourth-order valence-corrected chi connectivity index (χ4v) is 4.50. The number of nitrogens with zero attached hydrogens (tertiary/aromatic N) is 2. The van der Waals surface area contributed by atoms with Crippen LogP contribution in [-0.4, -0.2) is 41.2 Å². The zero-order valence-corrected chi connectivity index (χ0v) is 17.6. The maximum absolute atomic E-state index is 12.9. The molecule has 0 radical (unpaired) electrons. The Kier molecular flexibility index (Phi) is 6.80. The van der Waals surface area contributed by atoms with Crippen LogP contribution in [0, 0.1) is 5.92 Å². The zero-order valence-electron chi connectivity index (χ0n) is 17.6. The lowest BCUT2D eigenvalue weighted by Crippen LogP contribution is -2.40. The van der Waals surface area contributed by atoms with Crippen LogP contribution in [0.5, 0.6) is 0 Å². The van der Waals surface area contributed by atoms with Crippen molar-refractivity contribution in [2.75, 3.05) is 25.0 Å². The predicted octanol–water partition coefficient (Wildman–Crippen LogP) is 4.05. The number of piperidine rings is 2. The number of amides is 2. The van der Waals surface area contributed by atoms with Crippen LogP contribution in [-0.2, 0) is 22.7 Å². The van der Waals surface area contributed by atoms with Gasteiger partial charge < -0.3 is 10.2 Å². The highest BCUT2D eigenvalue weighted by atomic mass is 16.2. The molecule has 2 amide bonds. The minimum Gasteiger partial charge on any atom is -0.338 e. The van der Waals surface area contributed by atoms with Crippen LogP contribution < -0.4 is 5.32 Å². The van der Waals surface area contributed by atoms with Crippen molar-refractivity contribution in [2.24, 2.45) is 5.92 Å². The van der Waals surface area contributed by atoms with E-state index in [9.17, 15) is 9.59 Å². The predicted molar refractivity (Wildman–Crippen MR) is 119 cm³/mol. The minimum atomic E-state index is 0.00907. The Labute approximate surface area is 179 Å². The average Bonchev–Trinajstić information content (AvgIpc) is 2.77. The summed E-state index contributed by atoms with van der Waals surface area (Å²) in [7, 11) is 0. The molecule has 2 saturated heterocycles. The molecule has 0 aromatic heterocycles. The van der Waals surface area contributed by atoms with Gasteiger partial charge in [-0.2, -0.15) is 0 Å². The maximum Gasteiger partial charge on any atom is 0.228 e. The molecule has 1 unspecified atom stereocenters. The van der Waals surface area contributed by atoms with Crippen molar-refractivity contribution in [3.63, 3.8) is 0 Å². The van der Waals surface area contributed by atoms with Crippen molar-refractivity contribution in [3.05, 3.63) is 65.7 Å². The molecular weight excluding hydrogens is 374 g/mol. The molecule has 1 N–H and O–H groups in total. The number of hydrogen-bond donors (Lipinski definition) is 1. The lowest BCUT2D eigenvalue weighted by Gasteiger charge is -2.32. The lowest BCUT2D eigenvalue weighted by molar-refractivity contribution is -0.133. The monoisotopic (exact) mass is 405 g/mol. The molecule has 1 atom stereocenters. The minimum absolute atomic E-state index is 0.00907. The van der Waals surface area contributed by atoms with Crippen LogP contribution in [0.25, 0.3) is 0 Å². The summed E-state index contributed by atoms with van der Waals surface area (Å²) >= 11 is 0. The van der Waals surface area contributed by atoms with Gasteiger partial charge in [0, 0.05) is 38.3 Å². The van der Waals surface area contributed by atoms with Gasteiger partial charge in [0.2, 0.25) is 11.8 Å². The number of likely N-dealkylation sites (tertiary alicyclic amines) is 2. The summed E-state index contributed by atoms with van der Waals surface area (Å²) in [5, 5.41) is 3.12. The van der Waals surface area contributed by atoms with E-state index < -0.39 is 0 Å². The zero-order chi connectivity index (χ0) is 20.8. The summed E-state index contributed by atoms with van der Waals surface area (Å²) in [6.07, 6.45) is 4.69. The molecular formula is C25H31N3O2. The van der Waals surface area contributed by atoms with E-state index in [0.29, 0.717) is 13.0 Å². The van der Waals surface area contributed by atoms with Crippen LogP contribution >= 0.6 is 0 Å². The topological polar surface area (TPSA) is 52.7 Å². The molecule has 158 valence electrons. The smallest absolute Gasteiger partial charge is 0.228 e. The third-order valence-corrected chi connectivity index (χ3v) is 6.11. The number of anilines is 1. The van der Waals surface area contributed by atoms with Gasteiger partial charge in [-0.05, 0) is 55.5 Å². The highest BCUT2D eigenvalue weighted by Gasteiger charge is 2.26. The largest absolute Gasteiger partial charge is 0.338 e. The molecule has 5 nitrogen and oxygen atoms in total. The first-order valence-electron chi connectivity index (χ1n) is 11.1.